The van der Waals surface area contributed by atoms with E-state index in [1.165, 1.54) is 22.9 Å². The molecule has 144 valence electrons. The van der Waals surface area contributed by atoms with Gasteiger partial charge in [-0.15, -0.1) is 10.2 Å². The number of benzene rings is 2. The summed E-state index contributed by atoms with van der Waals surface area (Å²) < 4.78 is 0. The molecule has 3 rings (SSSR count). The van der Waals surface area contributed by atoms with E-state index in [0.717, 1.165) is 28.4 Å². The van der Waals surface area contributed by atoms with Crippen LogP contribution < -0.4 is 5.32 Å². The summed E-state index contributed by atoms with van der Waals surface area (Å²) in [7, 11) is 0. The van der Waals surface area contributed by atoms with E-state index >= 15 is 0 Å². The van der Waals surface area contributed by atoms with Crippen LogP contribution in [0.1, 0.15) is 37.8 Å². The zero-order chi connectivity index (χ0) is 19.9. The van der Waals surface area contributed by atoms with Crippen molar-refractivity contribution >= 4 is 23.4 Å². The number of amides is 1. The molecule has 0 fully saturated rings. The summed E-state index contributed by atoms with van der Waals surface area (Å²) >= 11 is 1.38. The van der Waals surface area contributed by atoms with E-state index in [-0.39, 0.29) is 5.91 Å². The Morgan fingerprint density at radius 1 is 0.964 bits per heavy atom. The fraction of sp³-hybridized carbons (Fsp3) is 0.261. The van der Waals surface area contributed by atoms with Crippen LogP contribution in [0.2, 0.25) is 0 Å². The largest absolute Gasteiger partial charge is 0.325 e. The lowest BCUT2D eigenvalue weighted by Crippen LogP contribution is -2.14. The van der Waals surface area contributed by atoms with Gasteiger partial charge in [-0.05, 0) is 47.7 Å². The van der Waals surface area contributed by atoms with Crippen LogP contribution >= 0.6 is 11.8 Å². The van der Waals surface area contributed by atoms with E-state index in [0.29, 0.717) is 11.7 Å². The van der Waals surface area contributed by atoms with E-state index in [2.05, 4.69) is 60.6 Å². The zero-order valence-corrected chi connectivity index (χ0v) is 17.3. The van der Waals surface area contributed by atoms with Gasteiger partial charge in [0, 0.05) is 11.3 Å². The highest BCUT2D eigenvalue weighted by atomic mass is 32.2. The molecule has 1 aromatic heterocycles. The van der Waals surface area contributed by atoms with Crippen molar-refractivity contribution < 1.29 is 4.79 Å². The van der Waals surface area contributed by atoms with Crippen LogP contribution in [0.25, 0.3) is 11.3 Å². The molecule has 0 aliphatic carbocycles. The highest BCUT2D eigenvalue weighted by molar-refractivity contribution is 7.99. The van der Waals surface area contributed by atoms with Gasteiger partial charge in [0.15, 0.2) is 0 Å². The van der Waals surface area contributed by atoms with E-state index in [9.17, 15) is 4.79 Å². The lowest BCUT2D eigenvalue weighted by molar-refractivity contribution is -0.113. The van der Waals surface area contributed by atoms with Crippen molar-refractivity contribution in [2.75, 3.05) is 11.1 Å². The maximum atomic E-state index is 12.2. The Kier molecular flexibility index (Phi) is 6.82. The summed E-state index contributed by atoms with van der Waals surface area (Å²) in [5, 5.41) is 12.2. The standard InChI is InChI=1S/C23H25N3OS/c1-4-17-5-7-19(8-6-17)21-13-14-23(26-25-21)28-15-22(27)24-20-11-9-18(10-12-20)16(2)3/h5-14,16H,4,15H2,1-3H3,(H,24,27). The predicted molar refractivity (Wildman–Crippen MR) is 117 cm³/mol. The predicted octanol–water partition coefficient (Wildman–Crippen LogP) is 5.56. The molecule has 5 heteroatoms. The number of anilines is 1. The van der Waals surface area contributed by atoms with E-state index < -0.39 is 0 Å². The molecule has 1 N–H and O–H groups in total. The average molecular weight is 392 g/mol. The molecule has 3 aromatic rings. The number of nitrogens with zero attached hydrogens (tertiary/aromatic N) is 2. The summed E-state index contributed by atoms with van der Waals surface area (Å²) in [4.78, 5) is 12.2. The fourth-order valence-electron chi connectivity index (χ4n) is 2.75. The molecule has 1 heterocycles. The number of rotatable bonds is 7. The minimum Gasteiger partial charge on any atom is -0.325 e. The van der Waals surface area contributed by atoms with Crippen molar-refractivity contribution in [3.05, 3.63) is 71.8 Å². The Morgan fingerprint density at radius 2 is 1.68 bits per heavy atom. The fourth-order valence-corrected chi connectivity index (χ4v) is 3.36. The minimum absolute atomic E-state index is 0.0525. The van der Waals surface area contributed by atoms with Gasteiger partial charge in [0.1, 0.15) is 5.03 Å². The number of thioether (sulfide) groups is 1. The van der Waals surface area contributed by atoms with Crippen molar-refractivity contribution in [3.63, 3.8) is 0 Å². The molecule has 0 atom stereocenters. The van der Waals surface area contributed by atoms with Crippen LogP contribution in [0.4, 0.5) is 5.69 Å². The first-order chi connectivity index (χ1) is 13.5. The summed E-state index contributed by atoms with van der Waals surface area (Å²) in [5.41, 5.74) is 5.25. The van der Waals surface area contributed by atoms with Crippen molar-refractivity contribution in [2.24, 2.45) is 0 Å². The number of aromatic nitrogens is 2. The molecule has 28 heavy (non-hydrogen) atoms. The molecule has 2 aromatic carbocycles. The Labute approximate surface area is 170 Å². The van der Waals surface area contributed by atoms with Gasteiger partial charge in [0.05, 0.1) is 11.4 Å². The lowest BCUT2D eigenvalue weighted by Gasteiger charge is -2.08. The number of carbonyl (C=O) groups is 1. The van der Waals surface area contributed by atoms with Crippen LogP contribution in [0.5, 0.6) is 0 Å². The molecule has 0 aliphatic heterocycles. The normalized spacial score (nSPS) is 10.9. The van der Waals surface area contributed by atoms with Crippen LogP contribution in [-0.2, 0) is 11.2 Å². The van der Waals surface area contributed by atoms with Crippen LogP contribution in [0.15, 0.2) is 65.7 Å². The topological polar surface area (TPSA) is 54.9 Å². The first kappa shape index (κ1) is 20.1. The molecule has 4 nitrogen and oxygen atoms in total. The zero-order valence-electron chi connectivity index (χ0n) is 16.5. The Bertz CT molecular complexity index is 904. The van der Waals surface area contributed by atoms with Gasteiger partial charge < -0.3 is 5.32 Å². The Balaban J connectivity index is 1.53. The van der Waals surface area contributed by atoms with Gasteiger partial charge >= 0.3 is 0 Å². The van der Waals surface area contributed by atoms with Gasteiger partial charge in [-0.1, -0.05) is 68.9 Å². The summed E-state index contributed by atoms with van der Waals surface area (Å²) in [6, 6.07) is 20.2. The van der Waals surface area contributed by atoms with Crippen molar-refractivity contribution in [1.82, 2.24) is 10.2 Å². The van der Waals surface area contributed by atoms with Crippen LogP contribution in [-0.4, -0.2) is 21.9 Å². The molecular weight excluding hydrogens is 366 g/mol. The van der Waals surface area contributed by atoms with Crippen molar-refractivity contribution in [1.29, 1.82) is 0 Å². The molecule has 0 aliphatic rings. The molecule has 0 unspecified atom stereocenters. The monoisotopic (exact) mass is 391 g/mol. The molecule has 0 saturated heterocycles. The lowest BCUT2D eigenvalue weighted by atomic mass is 10.0. The highest BCUT2D eigenvalue weighted by Crippen LogP contribution is 2.21. The first-order valence-electron chi connectivity index (χ1n) is 9.51. The number of carbonyl (C=O) groups excluding carboxylic acids is 1. The second kappa shape index (κ2) is 9.51. The maximum absolute atomic E-state index is 12.2. The number of aryl methyl sites for hydroxylation is 1. The third kappa shape index (κ3) is 5.42. The van der Waals surface area contributed by atoms with E-state index in [1.54, 1.807) is 0 Å². The SMILES string of the molecule is CCc1ccc(-c2ccc(SCC(=O)Nc3ccc(C(C)C)cc3)nn2)cc1. The van der Waals surface area contributed by atoms with Gasteiger partial charge in [-0.3, -0.25) is 4.79 Å². The Hall–Kier alpha value is -2.66. The van der Waals surface area contributed by atoms with Gasteiger partial charge in [-0.25, -0.2) is 0 Å². The second-order valence-corrected chi connectivity index (χ2v) is 7.92. The first-order valence-corrected chi connectivity index (χ1v) is 10.5. The van der Waals surface area contributed by atoms with Gasteiger partial charge in [0.2, 0.25) is 5.91 Å². The average Bonchev–Trinajstić information content (AvgIpc) is 2.73. The maximum Gasteiger partial charge on any atom is 0.234 e. The molecule has 0 saturated carbocycles. The van der Waals surface area contributed by atoms with E-state index in [1.807, 2.05) is 36.4 Å². The van der Waals surface area contributed by atoms with Crippen molar-refractivity contribution in [3.8, 4) is 11.3 Å². The van der Waals surface area contributed by atoms with Gasteiger partial charge in [0.25, 0.3) is 0 Å². The number of hydrogen-bond acceptors (Lipinski definition) is 4. The molecular formula is C23H25N3OS. The van der Waals surface area contributed by atoms with E-state index in [4.69, 9.17) is 0 Å². The highest BCUT2D eigenvalue weighted by Gasteiger charge is 2.07. The smallest absolute Gasteiger partial charge is 0.234 e. The van der Waals surface area contributed by atoms with Crippen LogP contribution in [0.3, 0.4) is 0 Å². The summed E-state index contributed by atoms with van der Waals surface area (Å²) in [6.45, 7) is 6.44. The third-order valence-electron chi connectivity index (χ3n) is 4.51. The van der Waals surface area contributed by atoms with Gasteiger partial charge in [-0.2, -0.15) is 0 Å². The minimum atomic E-state index is -0.0525. The number of hydrogen-bond donors (Lipinski definition) is 1. The second-order valence-electron chi connectivity index (χ2n) is 6.92. The summed E-state index contributed by atoms with van der Waals surface area (Å²) in [5.74, 6) is 0.722. The Morgan fingerprint density at radius 3 is 2.25 bits per heavy atom. The summed E-state index contributed by atoms with van der Waals surface area (Å²) in [6.07, 6.45) is 1.02. The third-order valence-corrected chi connectivity index (χ3v) is 5.43. The molecule has 0 spiro atoms. The molecule has 1 amide bonds. The molecule has 0 bridgehead atoms. The quantitative estimate of drug-likeness (QED) is 0.536. The van der Waals surface area contributed by atoms with Crippen molar-refractivity contribution in [2.45, 2.75) is 38.1 Å². The van der Waals surface area contributed by atoms with Crippen LogP contribution in [0, 0.1) is 0 Å². The number of nitrogens with one attached hydrogen (secondary N) is 1. The molecule has 0 radical (unpaired) electrons.